The highest BCUT2D eigenvalue weighted by Crippen LogP contribution is 2.55. The first-order valence-electron chi connectivity index (χ1n) is 10.5. The normalized spacial score (nSPS) is 25.0. The Bertz CT molecular complexity index is 1060. The monoisotopic (exact) mass is 487 g/mol. The highest BCUT2D eigenvalue weighted by molar-refractivity contribution is 5.95. The second-order valence-corrected chi connectivity index (χ2v) is 8.70. The highest BCUT2D eigenvalue weighted by Gasteiger charge is 2.65. The van der Waals surface area contributed by atoms with Gasteiger partial charge in [-0.2, -0.15) is 17.6 Å². The molecule has 1 aliphatic heterocycles. The Morgan fingerprint density at radius 3 is 2.53 bits per heavy atom. The van der Waals surface area contributed by atoms with Gasteiger partial charge in [-0.3, -0.25) is 9.78 Å². The quantitative estimate of drug-likeness (QED) is 0.608. The molecule has 1 aliphatic rings. The summed E-state index contributed by atoms with van der Waals surface area (Å²) in [6.45, 7) is 2.57. The Hall–Kier alpha value is -2.79. The molecule has 0 saturated carbocycles. The lowest BCUT2D eigenvalue weighted by atomic mass is 9.77. The van der Waals surface area contributed by atoms with Crippen molar-refractivity contribution < 1.29 is 36.2 Å². The lowest BCUT2D eigenvalue weighted by molar-refractivity contribution is -0.272. The Kier molecular flexibility index (Phi) is 7.18. The Labute approximate surface area is 194 Å². The molecule has 0 bridgehead atoms. The van der Waals surface area contributed by atoms with Gasteiger partial charge in [0.15, 0.2) is 17.2 Å². The number of nitrogens with zero attached hydrogens (tertiary/aromatic N) is 2. The van der Waals surface area contributed by atoms with Crippen molar-refractivity contribution in [2.24, 2.45) is 5.92 Å². The van der Waals surface area contributed by atoms with Crippen LogP contribution in [0.5, 0.6) is 5.75 Å². The van der Waals surface area contributed by atoms with E-state index < -0.39 is 53.0 Å². The van der Waals surface area contributed by atoms with Crippen molar-refractivity contribution in [3.8, 4) is 5.75 Å². The summed E-state index contributed by atoms with van der Waals surface area (Å²) in [6, 6.07) is 4.98. The summed E-state index contributed by atoms with van der Waals surface area (Å²) < 4.78 is 80.6. The first-order chi connectivity index (χ1) is 15.8. The molecule has 1 aromatic carbocycles. The SMILES string of the molecule is COc1c([C@H]2[C@H](C(=O)Nc3ccnc(CN(C)C)c3)O[C@@](C)(C(F)(F)F)[C@H]2C)ccc(F)c1F. The molecule has 3 rings (SSSR count). The summed E-state index contributed by atoms with van der Waals surface area (Å²) in [5, 5.41) is 2.57. The maximum Gasteiger partial charge on any atom is 0.417 e. The number of ether oxygens (including phenoxy) is 2. The summed E-state index contributed by atoms with van der Waals surface area (Å²) in [4.78, 5) is 19.2. The molecule has 6 nitrogen and oxygen atoms in total. The number of methoxy groups -OCH3 is 1. The highest BCUT2D eigenvalue weighted by atomic mass is 19.4. The van der Waals surface area contributed by atoms with Crippen LogP contribution in [0.4, 0.5) is 27.6 Å². The van der Waals surface area contributed by atoms with Gasteiger partial charge in [0.2, 0.25) is 5.82 Å². The predicted octanol–water partition coefficient (Wildman–Crippen LogP) is 4.51. The minimum absolute atomic E-state index is 0.0925. The van der Waals surface area contributed by atoms with Crippen LogP contribution in [0.3, 0.4) is 0 Å². The van der Waals surface area contributed by atoms with Crippen molar-refractivity contribution in [1.82, 2.24) is 9.88 Å². The van der Waals surface area contributed by atoms with Gasteiger partial charge in [0.25, 0.3) is 5.91 Å². The van der Waals surface area contributed by atoms with Gasteiger partial charge >= 0.3 is 6.18 Å². The van der Waals surface area contributed by atoms with E-state index in [0.717, 1.165) is 26.2 Å². The largest absolute Gasteiger partial charge is 0.493 e. The third-order valence-corrected chi connectivity index (χ3v) is 6.13. The van der Waals surface area contributed by atoms with E-state index in [0.29, 0.717) is 17.9 Å². The topological polar surface area (TPSA) is 63.7 Å². The van der Waals surface area contributed by atoms with Gasteiger partial charge in [-0.15, -0.1) is 0 Å². The second kappa shape index (κ2) is 9.46. The molecule has 34 heavy (non-hydrogen) atoms. The fraction of sp³-hybridized carbons (Fsp3) is 0.478. The Morgan fingerprint density at radius 1 is 1.26 bits per heavy atom. The predicted molar refractivity (Wildman–Crippen MR) is 114 cm³/mol. The summed E-state index contributed by atoms with van der Waals surface area (Å²) in [6.07, 6.45) is -5.03. The molecular formula is C23H26F5N3O3. The van der Waals surface area contributed by atoms with Gasteiger partial charge in [-0.1, -0.05) is 13.0 Å². The Balaban J connectivity index is 2.03. The van der Waals surface area contributed by atoms with Crippen LogP contribution in [-0.4, -0.2) is 54.9 Å². The number of alkyl halides is 3. The number of benzene rings is 1. The third kappa shape index (κ3) is 4.72. The minimum Gasteiger partial charge on any atom is -0.493 e. The smallest absolute Gasteiger partial charge is 0.417 e. The van der Waals surface area contributed by atoms with Gasteiger partial charge in [0.05, 0.1) is 12.8 Å². The molecule has 2 aromatic rings. The number of carbonyl (C=O) groups excluding carboxylic acids is 1. The van der Waals surface area contributed by atoms with Crippen LogP contribution in [0.1, 0.15) is 31.0 Å². The van der Waals surface area contributed by atoms with Gasteiger partial charge in [-0.25, -0.2) is 4.39 Å². The van der Waals surface area contributed by atoms with E-state index in [9.17, 15) is 26.7 Å². The van der Waals surface area contributed by atoms with E-state index >= 15 is 0 Å². The number of carbonyl (C=O) groups is 1. The first kappa shape index (κ1) is 25.8. The number of amides is 1. The van der Waals surface area contributed by atoms with Crippen molar-refractivity contribution in [3.63, 3.8) is 0 Å². The maximum absolute atomic E-state index is 14.4. The van der Waals surface area contributed by atoms with Crippen molar-refractivity contribution >= 4 is 11.6 Å². The average molecular weight is 487 g/mol. The molecule has 1 amide bonds. The number of aromatic nitrogens is 1. The van der Waals surface area contributed by atoms with Crippen LogP contribution in [0.25, 0.3) is 0 Å². The number of rotatable bonds is 6. The van der Waals surface area contributed by atoms with Gasteiger partial charge in [-0.05, 0) is 39.2 Å². The van der Waals surface area contributed by atoms with Crippen LogP contribution in [0.2, 0.25) is 0 Å². The average Bonchev–Trinajstić information content (AvgIpc) is 3.02. The second-order valence-electron chi connectivity index (χ2n) is 8.70. The number of halogens is 5. The number of hydrogen-bond donors (Lipinski definition) is 1. The summed E-state index contributed by atoms with van der Waals surface area (Å²) in [7, 11) is 4.74. The van der Waals surface area contributed by atoms with E-state index in [2.05, 4.69) is 10.3 Å². The fourth-order valence-corrected chi connectivity index (χ4v) is 4.22. The van der Waals surface area contributed by atoms with Crippen LogP contribution in [0.15, 0.2) is 30.5 Å². The van der Waals surface area contributed by atoms with E-state index in [1.165, 1.54) is 19.2 Å². The zero-order chi connectivity index (χ0) is 25.4. The molecule has 4 atom stereocenters. The lowest BCUT2D eigenvalue weighted by Crippen LogP contribution is -2.47. The molecule has 1 fully saturated rings. The van der Waals surface area contributed by atoms with Crippen LogP contribution in [-0.2, 0) is 16.1 Å². The molecule has 1 aromatic heterocycles. The van der Waals surface area contributed by atoms with Crippen molar-refractivity contribution in [1.29, 1.82) is 0 Å². The van der Waals surface area contributed by atoms with Gasteiger partial charge < -0.3 is 19.7 Å². The minimum atomic E-state index is -4.83. The van der Waals surface area contributed by atoms with E-state index in [1.807, 2.05) is 19.0 Å². The molecule has 1 N–H and O–H groups in total. The molecule has 11 heteroatoms. The van der Waals surface area contributed by atoms with E-state index in [-0.39, 0.29) is 5.56 Å². The molecule has 2 heterocycles. The molecular weight excluding hydrogens is 461 g/mol. The maximum atomic E-state index is 14.4. The summed E-state index contributed by atoms with van der Waals surface area (Å²) in [5.74, 6) is -6.62. The van der Waals surface area contributed by atoms with Crippen LogP contribution in [0, 0.1) is 17.6 Å². The lowest BCUT2D eigenvalue weighted by Gasteiger charge is -2.32. The molecule has 0 radical (unpaired) electrons. The fourth-order valence-electron chi connectivity index (χ4n) is 4.22. The van der Waals surface area contributed by atoms with Crippen molar-refractivity contribution in [3.05, 3.63) is 53.4 Å². The molecule has 0 unspecified atom stereocenters. The van der Waals surface area contributed by atoms with Crippen LogP contribution >= 0.6 is 0 Å². The van der Waals surface area contributed by atoms with Crippen LogP contribution < -0.4 is 10.1 Å². The molecule has 1 saturated heterocycles. The number of hydrogen-bond acceptors (Lipinski definition) is 5. The van der Waals surface area contributed by atoms with Gasteiger partial charge in [0.1, 0.15) is 6.10 Å². The zero-order valence-electron chi connectivity index (χ0n) is 19.3. The van der Waals surface area contributed by atoms with E-state index in [1.54, 1.807) is 6.07 Å². The summed E-state index contributed by atoms with van der Waals surface area (Å²) >= 11 is 0. The third-order valence-electron chi connectivity index (χ3n) is 6.13. The standard InChI is InChI=1S/C23H26F5N3O3/c1-12-17(15-6-7-16(24)18(25)19(15)33-5)20(34-22(12,2)23(26,27)28)21(32)30-13-8-9-29-14(10-13)11-31(3)4/h6-10,12,17,20H,11H2,1-5H3,(H,29,30,32)/t12-,17-,20+,22+/m0/s1. The summed E-state index contributed by atoms with van der Waals surface area (Å²) in [5.41, 5.74) is -1.87. The zero-order valence-corrected chi connectivity index (χ0v) is 19.3. The van der Waals surface area contributed by atoms with E-state index in [4.69, 9.17) is 9.47 Å². The molecule has 0 aliphatic carbocycles. The Morgan fingerprint density at radius 2 is 1.94 bits per heavy atom. The molecule has 0 spiro atoms. The van der Waals surface area contributed by atoms with Crippen molar-refractivity contribution in [2.45, 2.75) is 44.2 Å². The number of anilines is 1. The molecule has 186 valence electrons. The van der Waals surface area contributed by atoms with Crippen molar-refractivity contribution in [2.75, 3.05) is 26.5 Å². The number of pyridine rings is 1. The van der Waals surface area contributed by atoms with Gasteiger partial charge in [0, 0.05) is 35.8 Å². The first-order valence-corrected chi connectivity index (χ1v) is 10.5. The number of nitrogens with one attached hydrogen (secondary N) is 1.